The standard InChI is InChI=1S/C29H25F6N3O4S/c1-14-36-26(29(33,34)35)12-38(14)24-5-4-16(17-9-23(32)22(13-39)25(10-17)43(3,40)41)8-21(24)27-28(42-15(2)37-27)18-6-19(30)11-20(31)7-18/h6-9,11-12,25,39H,4-5,10,13H2,1-3H3. The van der Waals surface area contributed by atoms with Crippen molar-refractivity contribution in [2.24, 2.45) is 0 Å². The van der Waals surface area contributed by atoms with Crippen LogP contribution in [-0.4, -0.2) is 46.2 Å². The van der Waals surface area contributed by atoms with Crippen molar-refractivity contribution >= 4 is 21.1 Å². The first-order chi connectivity index (χ1) is 20.1. The molecule has 2 aromatic heterocycles. The van der Waals surface area contributed by atoms with E-state index >= 15 is 4.39 Å². The van der Waals surface area contributed by atoms with E-state index in [0.29, 0.717) is 22.9 Å². The van der Waals surface area contributed by atoms with Gasteiger partial charge in [0.25, 0.3) is 0 Å². The lowest BCUT2D eigenvalue weighted by atomic mass is 9.84. The fourth-order valence-corrected chi connectivity index (χ4v) is 6.58. The van der Waals surface area contributed by atoms with Gasteiger partial charge in [0.2, 0.25) is 0 Å². The van der Waals surface area contributed by atoms with Crippen LogP contribution in [-0.2, 0) is 16.0 Å². The average Bonchev–Trinajstić information content (AvgIpc) is 3.49. The monoisotopic (exact) mass is 625 g/mol. The summed E-state index contributed by atoms with van der Waals surface area (Å²) in [7, 11) is -3.83. The molecule has 0 saturated heterocycles. The van der Waals surface area contributed by atoms with E-state index in [4.69, 9.17) is 4.42 Å². The Hall–Kier alpha value is -3.91. The van der Waals surface area contributed by atoms with Crippen LogP contribution in [0.5, 0.6) is 0 Å². The minimum Gasteiger partial charge on any atom is -0.440 e. The van der Waals surface area contributed by atoms with E-state index in [2.05, 4.69) is 9.97 Å². The van der Waals surface area contributed by atoms with Gasteiger partial charge in [0.1, 0.15) is 29.0 Å². The summed E-state index contributed by atoms with van der Waals surface area (Å²) in [5, 5.41) is 8.31. The number of oxazole rings is 1. The lowest BCUT2D eigenvalue weighted by Crippen LogP contribution is -2.28. The first-order valence-corrected chi connectivity index (χ1v) is 14.9. The van der Waals surface area contributed by atoms with Gasteiger partial charge < -0.3 is 14.1 Å². The Kier molecular flexibility index (Phi) is 7.80. The van der Waals surface area contributed by atoms with Crippen molar-refractivity contribution in [3.05, 3.63) is 93.8 Å². The zero-order chi connectivity index (χ0) is 31.4. The van der Waals surface area contributed by atoms with Crippen molar-refractivity contribution in [2.75, 3.05) is 12.9 Å². The molecule has 1 aromatic carbocycles. The molecule has 0 saturated carbocycles. The van der Waals surface area contributed by atoms with Crippen molar-refractivity contribution < 1.29 is 44.3 Å². The predicted octanol–water partition coefficient (Wildman–Crippen LogP) is 6.50. The molecule has 2 heterocycles. The van der Waals surface area contributed by atoms with E-state index < -0.39 is 51.0 Å². The van der Waals surface area contributed by atoms with Crippen molar-refractivity contribution in [2.45, 2.75) is 44.5 Å². The maximum Gasteiger partial charge on any atom is 0.434 e. The number of benzene rings is 1. The highest BCUT2D eigenvalue weighted by Gasteiger charge is 2.37. The normalized spacial score (nSPS) is 18.3. The molecule has 1 N–H and O–H groups in total. The summed E-state index contributed by atoms with van der Waals surface area (Å²) in [5.74, 6) is -2.65. The van der Waals surface area contributed by atoms with Gasteiger partial charge in [0.15, 0.2) is 27.2 Å². The third kappa shape index (κ3) is 5.98. The van der Waals surface area contributed by atoms with E-state index in [1.165, 1.54) is 24.5 Å². The second-order valence-corrected chi connectivity index (χ2v) is 12.6. The molecule has 2 aliphatic rings. The van der Waals surface area contributed by atoms with Gasteiger partial charge in [-0.2, -0.15) is 13.2 Å². The number of halogens is 6. The molecule has 1 atom stereocenters. The maximum absolute atomic E-state index is 15.0. The van der Waals surface area contributed by atoms with Crippen LogP contribution in [0.15, 0.2) is 63.5 Å². The molecule has 2 aliphatic carbocycles. The number of allylic oxidation sites excluding steroid dienone is 7. The number of sulfone groups is 1. The molecular weight excluding hydrogens is 600 g/mol. The van der Waals surface area contributed by atoms with Gasteiger partial charge in [-0.15, -0.1) is 0 Å². The minimum absolute atomic E-state index is 0.00540. The Balaban J connectivity index is 1.75. The van der Waals surface area contributed by atoms with Gasteiger partial charge in [0, 0.05) is 47.8 Å². The predicted molar refractivity (Wildman–Crippen MR) is 146 cm³/mol. The number of alkyl halides is 3. The zero-order valence-corrected chi connectivity index (χ0v) is 23.9. The molecule has 43 heavy (non-hydrogen) atoms. The molecule has 5 rings (SSSR count). The second-order valence-electron chi connectivity index (χ2n) is 10.4. The van der Waals surface area contributed by atoms with E-state index in [1.807, 2.05) is 0 Å². The van der Waals surface area contributed by atoms with Crippen molar-refractivity contribution in [3.8, 4) is 11.3 Å². The van der Waals surface area contributed by atoms with Crippen LogP contribution in [0.3, 0.4) is 0 Å². The van der Waals surface area contributed by atoms with E-state index in [9.17, 15) is 35.5 Å². The summed E-state index contributed by atoms with van der Waals surface area (Å²) in [6.45, 7) is 2.07. The molecule has 0 amide bonds. The average molecular weight is 626 g/mol. The van der Waals surface area contributed by atoms with Gasteiger partial charge in [0.05, 0.1) is 11.9 Å². The number of aliphatic hydroxyl groups excluding tert-OH is 1. The van der Waals surface area contributed by atoms with Gasteiger partial charge in [-0.25, -0.2) is 31.6 Å². The fourth-order valence-electron chi connectivity index (χ4n) is 5.39. The number of aliphatic hydroxyl groups is 1. The zero-order valence-electron chi connectivity index (χ0n) is 23.1. The minimum atomic E-state index is -4.73. The number of rotatable bonds is 6. The molecule has 14 heteroatoms. The highest BCUT2D eigenvalue weighted by atomic mass is 32.2. The topological polar surface area (TPSA) is 98.2 Å². The van der Waals surface area contributed by atoms with E-state index in [0.717, 1.165) is 30.7 Å². The Labute approximate surface area is 242 Å². The van der Waals surface area contributed by atoms with Crippen LogP contribution in [0.2, 0.25) is 0 Å². The number of nitrogens with zero attached hydrogens (tertiary/aromatic N) is 3. The first kappa shape index (κ1) is 30.5. The summed E-state index contributed by atoms with van der Waals surface area (Å²) in [6, 6.07) is 2.70. The number of hydrogen-bond donors (Lipinski definition) is 1. The Bertz CT molecular complexity index is 1840. The number of hydrogen-bond acceptors (Lipinski definition) is 6. The third-order valence-corrected chi connectivity index (χ3v) is 8.82. The molecule has 3 aromatic rings. The third-order valence-electron chi connectivity index (χ3n) is 7.34. The summed E-state index contributed by atoms with van der Waals surface area (Å²) in [5.41, 5.74) is -0.0849. The summed E-state index contributed by atoms with van der Waals surface area (Å²) in [6.07, 6.45) is -0.215. The van der Waals surface area contributed by atoms with Gasteiger partial charge in [-0.3, -0.25) is 0 Å². The summed E-state index contributed by atoms with van der Waals surface area (Å²) in [4.78, 5) is 8.05. The van der Waals surface area contributed by atoms with Crippen LogP contribution >= 0.6 is 0 Å². The SMILES string of the molecule is Cc1nc(C2=C(n3cc(C(F)(F)F)nc3C)CCC(C3=CC(F)=C(CO)C(S(C)(=O)=O)C3)=C2)c(-c2cc(F)cc(F)c2)o1. The summed E-state index contributed by atoms with van der Waals surface area (Å²) < 4.78 is 116. The van der Waals surface area contributed by atoms with Gasteiger partial charge in [-0.1, -0.05) is 0 Å². The molecule has 228 valence electrons. The molecule has 0 radical (unpaired) electrons. The Morgan fingerprint density at radius 3 is 2.28 bits per heavy atom. The van der Waals surface area contributed by atoms with Crippen molar-refractivity contribution in [1.29, 1.82) is 0 Å². The maximum atomic E-state index is 15.0. The molecule has 1 unspecified atom stereocenters. The lowest BCUT2D eigenvalue weighted by Gasteiger charge is -2.28. The van der Waals surface area contributed by atoms with Crippen molar-refractivity contribution in [1.82, 2.24) is 14.5 Å². The number of imidazole rings is 1. The van der Waals surface area contributed by atoms with Crippen molar-refractivity contribution in [3.63, 3.8) is 0 Å². The number of aryl methyl sites for hydroxylation is 2. The van der Waals surface area contributed by atoms with E-state index in [1.54, 1.807) is 0 Å². The quantitative estimate of drug-likeness (QED) is 0.314. The van der Waals surface area contributed by atoms with Crippen LogP contribution < -0.4 is 0 Å². The molecule has 0 spiro atoms. The summed E-state index contributed by atoms with van der Waals surface area (Å²) >= 11 is 0. The lowest BCUT2D eigenvalue weighted by molar-refractivity contribution is -0.141. The van der Waals surface area contributed by atoms with Crippen LogP contribution in [0.4, 0.5) is 26.3 Å². The van der Waals surface area contributed by atoms with Gasteiger partial charge in [-0.05, 0) is 61.6 Å². The highest BCUT2D eigenvalue weighted by Crippen LogP contribution is 2.44. The Morgan fingerprint density at radius 2 is 1.70 bits per heavy atom. The molecule has 0 aliphatic heterocycles. The fraction of sp³-hybridized carbons (Fsp3) is 0.310. The first-order valence-electron chi connectivity index (χ1n) is 13.0. The van der Waals surface area contributed by atoms with Crippen LogP contribution in [0.25, 0.3) is 22.6 Å². The molecular formula is C29H25F6N3O4S. The Morgan fingerprint density at radius 1 is 1.02 bits per heavy atom. The smallest absolute Gasteiger partial charge is 0.434 e. The molecule has 7 nitrogen and oxygen atoms in total. The molecule has 0 fully saturated rings. The number of aromatic nitrogens is 3. The van der Waals surface area contributed by atoms with Gasteiger partial charge >= 0.3 is 6.18 Å². The van der Waals surface area contributed by atoms with Crippen LogP contribution in [0.1, 0.15) is 42.4 Å². The molecule has 0 bridgehead atoms. The highest BCUT2D eigenvalue weighted by molar-refractivity contribution is 7.91. The second kappa shape index (κ2) is 11.0. The van der Waals surface area contributed by atoms with Crippen LogP contribution in [0, 0.1) is 25.5 Å². The van der Waals surface area contributed by atoms with E-state index in [-0.39, 0.29) is 59.1 Å². The largest absolute Gasteiger partial charge is 0.440 e.